The van der Waals surface area contributed by atoms with E-state index in [1.807, 2.05) is 65.6 Å². The van der Waals surface area contributed by atoms with Crippen LogP contribution in [0.4, 0.5) is 5.69 Å². The number of benzene rings is 4. The Morgan fingerprint density at radius 1 is 0.875 bits per heavy atom. The van der Waals surface area contributed by atoms with E-state index < -0.39 is 71.2 Å². The number of esters is 3. The van der Waals surface area contributed by atoms with Gasteiger partial charge in [-0.15, -0.1) is 0 Å². The maximum absolute atomic E-state index is 15.0. The van der Waals surface area contributed by atoms with Gasteiger partial charge in [0.15, 0.2) is 5.92 Å². The van der Waals surface area contributed by atoms with E-state index in [1.54, 1.807) is 42.5 Å². The molecule has 13 heteroatoms. The van der Waals surface area contributed by atoms with Crippen LogP contribution in [0.15, 0.2) is 103 Å². The van der Waals surface area contributed by atoms with E-state index in [-0.39, 0.29) is 19.6 Å². The quantitative estimate of drug-likeness (QED) is 0.0932. The van der Waals surface area contributed by atoms with Crippen LogP contribution in [0.25, 0.3) is 0 Å². The third-order valence-corrected chi connectivity index (χ3v) is 10.7. The molecule has 56 heavy (non-hydrogen) atoms. The number of primary amides is 1. The van der Waals surface area contributed by atoms with Gasteiger partial charge in [0, 0.05) is 17.7 Å². The third kappa shape index (κ3) is 6.42. The zero-order valence-electron chi connectivity index (χ0n) is 30.5. The van der Waals surface area contributed by atoms with Crippen LogP contribution < -0.4 is 15.8 Å². The van der Waals surface area contributed by atoms with Crippen LogP contribution in [0.2, 0.25) is 0 Å². The number of aliphatic hydroxyl groups excluding tert-OH is 1. The van der Waals surface area contributed by atoms with Crippen molar-refractivity contribution in [1.82, 2.24) is 4.90 Å². The lowest BCUT2D eigenvalue weighted by Gasteiger charge is -2.46. The monoisotopic (exact) mass is 757 g/mol. The number of amides is 2. The van der Waals surface area contributed by atoms with Crippen LogP contribution in [0.1, 0.15) is 52.4 Å². The van der Waals surface area contributed by atoms with E-state index in [9.17, 15) is 29.1 Å². The van der Waals surface area contributed by atoms with Crippen molar-refractivity contribution in [2.24, 2.45) is 17.6 Å². The molecule has 0 radical (unpaired) electrons. The molecular formula is C43H39N3O10. The fourth-order valence-corrected chi connectivity index (χ4v) is 8.44. The van der Waals surface area contributed by atoms with Gasteiger partial charge >= 0.3 is 17.9 Å². The first-order valence-corrected chi connectivity index (χ1v) is 18.0. The highest BCUT2D eigenvalue weighted by molar-refractivity contribution is 6.12. The first-order valence-electron chi connectivity index (χ1n) is 18.0. The summed E-state index contributed by atoms with van der Waals surface area (Å²) in [5, 5.41) is 12.5. The van der Waals surface area contributed by atoms with Crippen LogP contribution >= 0.6 is 0 Å². The molecule has 7 rings (SSSR count). The second-order valence-electron chi connectivity index (χ2n) is 13.6. The maximum Gasteiger partial charge on any atom is 0.324 e. The zero-order chi connectivity index (χ0) is 39.6. The van der Waals surface area contributed by atoms with Gasteiger partial charge in [0.2, 0.25) is 11.8 Å². The molecule has 6 atom stereocenters. The molecule has 3 heterocycles. The van der Waals surface area contributed by atoms with E-state index in [1.165, 1.54) is 0 Å². The molecule has 0 saturated carbocycles. The summed E-state index contributed by atoms with van der Waals surface area (Å²) in [6, 6.07) is 27.6. The fraction of sp³-hybridized carbons (Fsp3) is 0.279. The average molecular weight is 758 g/mol. The van der Waals surface area contributed by atoms with Gasteiger partial charge in [0.25, 0.3) is 0 Å². The molecule has 2 amide bonds. The predicted molar refractivity (Wildman–Crippen MR) is 200 cm³/mol. The maximum atomic E-state index is 15.0. The van der Waals surface area contributed by atoms with E-state index in [4.69, 9.17) is 24.7 Å². The van der Waals surface area contributed by atoms with Gasteiger partial charge in [-0.05, 0) is 52.6 Å². The van der Waals surface area contributed by atoms with Crippen molar-refractivity contribution in [2.45, 2.75) is 36.1 Å². The van der Waals surface area contributed by atoms with Gasteiger partial charge in [-0.2, -0.15) is 0 Å². The molecule has 0 unspecified atom stereocenters. The summed E-state index contributed by atoms with van der Waals surface area (Å²) < 4.78 is 21.7. The van der Waals surface area contributed by atoms with Crippen molar-refractivity contribution in [1.29, 1.82) is 0 Å². The Hall–Kier alpha value is -6.49. The van der Waals surface area contributed by atoms with Crippen molar-refractivity contribution in [3.63, 3.8) is 0 Å². The molecule has 4 aromatic carbocycles. The van der Waals surface area contributed by atoms with Crippen LogP contribution in [0, 0.1) is 23.7 Å². The number of morpholine rings is 1. The molecule has 0 bridgehead atoms. The van der Waals surface area contributed by atoms with Gasteiger partial charge < -0.3 is 35.1 Å². The molecular weight excluding hydrogens is 718 g/mol. The highest BCUT2D eigenvalue weighted by atomic mass is 16.6. The van der Waals surface area contributed by atoms with Crippen molar-refractivity contribution in [3.05, 3.63) is 131 Å². The fourth-order valence-electron chi connectivity index (χ4n) is 8.44. The van der Waals surface area contributed by atoms with E-state index in [0.717, 1.165) is 19.8 Å². The smallest absolute Gasteiger partial charge is 0.324 e. The summed E-state index contributed by atoms with van der Waals surface area (Å²) in [4.78, 5) is 70.1. The highest BCUT2D eigenvalue weighted by Gasteiger charge is 2.73. The molecule has 3 aliphatic rings. The largest absolute Gasteiger partial charge is 0.491 e. The van der Waals surface area contributed by atoms with Crippen molar-refractivity contribution >= 4 is 35.4 Å². The van der Waals surface area contributed by atoms with Crippen molar-refractivity contribution in [2.75, 3.05) is 32.8 Å². The average Bonchev–Trinajstić information content (AvgIpc) is 3.70. The minimum Gasteiger partial charge on any atom is -0.491 e. The molecule has 13 nitrogen and oxygen atoms in total. The number of rotatable bonds is 10. The lowest BCUT2D eigenvalue weighted by molar-refractivity contribution is -0.178. The number of hydrogen-bond donors (Lipinski definition) is 3. The lowest BCUT2D eigenvalue weighted by Crippen LogP contribution is -2.53. The zero-order valence-corrected chi connectivity index (χ0v) is 30.5. The van der Waals surface area contributed by atoms with Crippen molar-refractivity contribution in [3.8, 4) is 17.6 Å². The van der Waals surface area contributed by atoms with E-state index >= 15 is 0 Å². The standard InChI is InChI=1S/C43H39N3O10/c1-53-39(49)30(40(50)54-2)18-9-11-25-19-20-32-31(23-25)43(42(52)45-32)33(38(44)48)35-41(51)56-36(27-14-7-4-8-15-27)34(26-12-5-3-6-13-26)46(35)37(43)28-16-10-17-29(24-28)55-22-21-47/h3-8,10,12-17,19-20,23-24,30,33-37,47H,18,21-22H2,1-2H3,(H2,44,48)(H,45,52)/t33-,34-,35-,36+,37+,43-/m1/s1. The number of hydrogen-bond acceptors (Lipinski definition) is 11. The van der Waals surface area contributed by atoms with Gasteiger partial charge in [-0.1, -0.05) is 84.6 Å². The summed E-state index contributed by atoms with van der Waals surface area (Å²) in [7, 11) is 2.32. The van der Waals surface area contributed by atoms with Crippen molar-refractivity contribution < 1.29 is 48.0 Å². The molecule has 3 aliphatic heterocycles. The number of fused-ring (bicyclic) bond motifs is 3. The first kappa shape index (κ1) is 37.8. The molecule has 1 spiro atoms. The Balaban J connectivity index is 1.47. The number of carbonyl (C=O) groups is 5. The number of anilines is 1. The topological polar surface area (TPSA) is 184 Å². The molecule has 4 aromatic rings. The Kier molecular flexibility index (Phi) is 10.6. The summed E-state index contributed by atoms with van der Waals surface area (Å²) in [6.45, 7) is -0.238. The molecule has 4 N–H and O–H groups in total. The SMILES string of the molecule is COC(=O)C(CC#Cc1ccc2c(c1)[C@]1(C(=O)N2)[C@H](c2cccc(OCCO)c2)N2[C@H](c3ccccc3)[C@H](c3ccccc3)OC(=O)[C@H]2[C@@H]1C(N)=O)C(=O)OC. The number of nitrogens with one attached hydrogen (secondary N) is 1. The van der Waals surface area contributed by atoms with Gasteiger partial charge in [0.1, 0.15) is 29.9 Å². The second kappa shape index (κ2) is 15.7. The summed E-state index contributed by atoms with van der Waals surface area (Å²) >= 11 is 0. The van der Waals surface area contributed by atoms with Gasteiger partial charge in [-0.3, -0.25) is 28.9 Å². The normalized spacial score (nSPS) is 23.6. The number of methoxy groups -OCH3 is 2. The van der Waals surface area contributed by atoms with Crippen LogP contribution in [0.5, 0.6) is 5.75 Å². The number of aliphatic hydroxyl groups is 1. The second-order valence-corrected chi connectivity index (χ2v) is 13.6. The predicted octanol–water partition coefficient (Wildman–Crippen LogP) is 3.52. The number of nitrogens with two attached hydrogens (primary N) is 1. The number of cyclic esters (lactones) is 1. The van der Waals surface area contributed by atoms with Crippen LogP contribution in [-0.2, 0) is 43.6 Å². The molecule has 2 saturated heterocycles. The molecule has 0 aliphatic carbocycles. The summed E-state index contributed by atoms with van der Waals surface area (Å²) in [6.07, 6.45) is -1.08. The van der Waals surface area contributed by atoms with Crippen LogP contribution in [-0.4, -0.2) is 73.2 Å². The molecule has 0 aromatic heterocycles. The minimum atomic E-state index is -1.82. The Labute approximate surface area is 322 Å². The third-order valence-electron chi connectivity index (χ3n) is 10.7. The Bertz CT molecular complexity index is 2220. The summed E-state index contributed by atoms with van der Waals surface area (Å²) in [5.41, 5.74) is 7.65. The lowest BCUT2D eigenvalue weighted by atomic mass is 9.65. The molecule has 2 fully saturated rings. The van der Waals surface area contributed by atoms with Crippen LogP contribution in [0.3, 0.4) is 0 Å². The summed E-state index contributed by atoms with van der Waals surface area (Å²) in [5.74, 6) is -0.283. The number of nitrogens with zero attached hydrogens (tertiary/aromatic N) is 1. The van der Waals surface area contributed by atoms with E-state index in [2.05, 4.69) is 17.2 Å². The molecule has 286 valence electrons. The Morgan fingerprint density at radius 2 is 1.54 bits per heavy atom. The number of ether oxygens (including phenoxy) is 4. The number of carbonyl (C=O) groups excluding carboxylic acids is 5. The minimum absolute atomic E-state index is 0.00270. The van der Waals surface area contributed by atoms with E-state index in [0.29, 0.717) is 33.7 Å². The first-order chi connectivity index (χ1) is 27.1. The van der Waals surface area contributed by atoms with Gasteiger partial charge in [0.05, 0.1) is 38.8 Å². The highest BCUT2D eigenvalue weighted by Crippen LogP contribution is 2.64. The van der Waals surface area contributed by atoms with Gasteiger partial charge in [-0.25, -0.2) is 0 Å². The Morgan fingerprint density at radius 3 is 2.18 bits per heavy atom.